The number of carbonyl (C=O) groups excluding carboxylic acids is 1. The largest absolute Gasteiger partial charge is 0.288 e. The standard InChI is InChI=1S/C17H17NO2/c1-11-5-7-12(8-6-11)14-9-13-3-2-4-15(16(13)10-14)17(19)18-20/h2-8,14,20H,9-10H2,1H3,(H,18,19). The third kappa shape index (κ3) is 2.21. The second-order valence-corrected chi connectivity index (χ2v) is 5.40. The molecule has 0 heterocycles. The molecule has 1 unspecified atom stereocenters. The van der Waals surface area contributed by atoms with Crippen molar-refractivity contribution in [3.05, 3.63) is 70.3 Å². The van der Waals surface area contributed by atoms with Crippen molar-refractivity contribution in [2.45, 2.75) is 25.7 Å². The highest BCUT2D eigenvalue weighted by Crippen LogP contribution is 2.35. The molecule has 1 amide bonds. The van der Waals surface area contributed by atoms with Crippen LogP contribution in [-0.4, -0.2) is 11.1 Å². The van der Waals surface area contributed by atoms with Crippen molar-refractivity contribution in [2.75, 3.05) is 0 Å². The molecule has 1 aliphatic carbocycles. The van der Waals surface area contributed by atoms with Crippen molar-refractivity contribution in [1.29, 1.82) is 0 Å². The first-order chi connectivity index (χ1) is 9.69. The molecule has 0 bridgehead atoms. The van der Waals surface area contributed by atoms with Crippen LogP contribution in [0, 0.1) is 6.92 Å². The zero-order valence-electron chi connectivity index (χ0n) is 11.4. The van der Waals surface area contributed by atoms with Crippen molar-refractivity contribution in [3.8, 4) is 0 Å². The fourth-order valence-corrected chi connectivity index (χ4v) is 3.00. The maximum Gasteiger partial charge on any atom is 0.274 e. The van der Waals surface area contributed by atoms with E-state index in [0.717, 1.165) is 18.4 Å². The van der Waals surface area contributed by atoms with E-state index in [1.165, 1.54) is 16.7 Å². The molecule has 1 atom stereocenters. The number of benzene rings is 2. The molecule has 1 aliphatic rings. The number of aryl methyl sites for hydroxylation is 1. The minimum Gasteiger partial charge on any atom is -0.288 e. The average molecular weight is 267 g/mol. The van der Waals surface area contributed by atoms with Gasteiger partial charge in [-0.2, -0.15) is 0 Å². The monoisotopic (exact) mass is 267 g/mol. The Bertz CT molecular complexity index is 647. The zero-order chi connectivity index (χ0) is 14.1. The van der Waals surface area contributed by atoms with Gasteiger partial charge in [-0.25, -0.2) is 5.48 Å². The fourth-order valence-electron chi connectivity index (χ4n) is 3.00. The summed E-state index contributed by atoms with van der Waals surface area (Å²) >= 11 is 0. The molecule has 0 aliphatic heterocycles. The lowest BCUT2D eigenvalue weighted by Crippen LogP contribution is -2.20. The van der Waals surface area contributed by atoms with E-state index in [0.29, 0.717) is 11.5 Å². The molecular formula is C17H17NO2. The molecule has 3 nitrogen and oxygen atoms in total. The van der Waals surface area contributed by atoms with E-state index in [1.54, 1.807) is 11.5 Å². The molecule has 3 rings (SSSR count). The van der Waals surface area contributed by atoms with Gasteiger partial charge in [0.25, 0.3) is 5.91 Å². The van der Waals surface area contributed by atoms with Crippen molar-refractivity contribution in [2.24, 2.45) is 0 Å². The van der Waals surface area contributed by atoms with E-state index in [1.807, 2.05) is 6.07 Å². The molecule has 2 aromatic rings. The van der Waals surface area contributed by atoms with Crippen molar-refractivity contribution in [1.82, 2.24) is 5.48 Å². The summed E-state index contributed by atoms with van der Waals surface area (Å²) in [4.78, 5) is 11.7. The van der Waals surface area contributed by atoms with E-state index >= 15 is 0 Å². The summed E-state index contributed by atoms with van der Waals surface area (Å²) in [6.07, 6.45) is 1.80. The Morgan fingerprint density at radius 2 is 1.90 bits per heavy atom. The average Bonchev–Trinajstić information content (AvgIpc) is 2.91. The van der Waals surface area contributed by atoms with Crippen LogP contribution in [0.15, 0.2) is 42.5 Å². The molecule has 0 fully saturated rings. The third-order valence-electron chi connectivity index (χ3n) is 4.08. The molecule has 2 aromatic carbocycles. The van der Waals surface area contributed by atoms with Gasteiger partial charge < -0.3 is 0 Å². The summed E-state index contributed by atoms with van der Waals surface area (Å²) < 4.78 is 0. The lowest BCUT2D eigenvalue weighted by atomic mass is 9.95. The van der Waals surface area contributed by atoms with Gasteiger partial charge in [-0.15, -0.1) is 0 Å². The quantitative estimate of drug-likeness (QED) is 0.649. The van der Waals surface area contributed by atoms with E-state index < -0.39 is 5.91 Å². The fraction of sp³-hybridized carbons (Fsp3) is 0.235. The van der Waals surface area contributed by atoms with Gasteiger partial charge in [-0.05, 0) is 48.4 Å². The van der Waals surface area contributed by atoms with Crippen LogP contribution in [0.25, 0.3) is 0 Å². The molecule has 2 N–H and O–H groups in total. The smallest absolute Gasteiger partial charge is 0.274 e. The first kappa shape index (κ1) is 12.9. The Balaban J connectivity index is 1.92. The molecule has 0 spiro atoms. The number of hydrogen-bond donors (Lipinski definition) is 2. The summed E-state index contributed by atoms with van der Waals surface area (Å²) in [7, 11) is 0. The van der Waals surface area contributed by atoms with Crippen molar-refractivity contribution in [3.63, 3.8) is 0 Å². The molecule has 3 heteroatoms. The van der Waals surface area contributed by atoms with Crippen LogP contribution in [0.3, 0.4) is 0 Å². The number of hydrogen-bond acceptors (Lipinski definition) is 2. The predicted octanol–water partition coefficient (Wildman–Crippen LogP) is 3.00. The van der Waals surface area contributed by atoms with Crippen LogP contribution in [0.2, 0.25) is 0 Å². The van der Waals surface area contributed by atoms with Gasteiger partial charge in [-0.3, -0.25) is 10.0 Å². The Kier molecular flexibility index (Phi) is 3.28. The molecule has 0 radical (unpaired) electrons. The number of fused-ring (bicyclic) bond motifs is 1. The van der Waals surface area contributed by atoms with E-state index in [2.05, 4.69) is 37.3 Å². The minimum atomic E-state index is -0.425. The highest BCUT2D eigenvalue weighted by molar-refractivity contribution is 5.95. The highest BCUT2D eigenvalue weighted by Gasteiger charge is 2.26. The highest BCUT2D eigenvalue weighted by atomic mass is 16.5. The van der Waals surface area contributed by atoms with Crippen LogP contribution in [0.5, 0.6) is 0 Å². The van der Waals surface area contributed by atoms with Crippen molar-refractivity contribution >= 4 is 5.91 Å². The van der Waals surface area contributed by atoms with Crippen LogP contribution in [-0.2, 0) is 12.8 Å². The number of amides is 1. The molecular weight excluding hydrogens is 250 g/mol. The maximum atomic E-state index is 11.7. The molecule has 0 saturated carbocycles. The number of nitrogens with one attached hydrogen (secondary N) is 1. The molecule has 102 valence electrons. The van der Waals surface area contributed by atoms with E-state index in [-0.39, 0.29) is 0 Å². The minimum absolute atomic E-state index is 0.415. The Labute approximate surface area is 118 Å². The van der Waals surface area contributed by atoms with Gasteiger partial charge in [0.05, 0.1) is 0 Å². The summed E-state index contributed by atoms with van der Waals surface area (Å²) in [6.45, 7) is 2.08. The topological polar surface area (TPSA) is 49.3 Å². The first-order valence-electron chi connectivity index (χ1n) is 6.81. The maximum absolute atomic E-state index is 11.7. The third-order valence-corrected chi connectivity index (χ3v) is 4.08. The Hall–Kier alpha value is -2.13. The Morgan fingerprint density at radius 3 is 2.60 bits per heavy atom. The predicted molar refractivity (Wildman–Crippen MR) is 77.0 cm³/mol. The molecule has 0 saturated heterocycles. The van der Waals surface area contributed by atoms with Crippen molar-refractivity contribution < 1.29 is 10.0 Å². The first-order valence-corrected chi connectivity index (χ1v) is 6.81. The van der Waals surface area contributed by atoms with Gasteiger partial charge in [0.1, 0.15) is 0 Å². The summed E-state index contributed by atoms with van der Waals surface area (Å²) in [5, 5.41) is 8.83. The van der Waals surface area contributed by atoms with E-state index in [9.17, 15) is 4.79 Å². The van der Waals surface area contributed by atoms with Crippen LogP contribution < -0.4 is 5.48 Å². The Morgan fingerprint density at radius 1 is 1.15 bits per heavy atom. The second-order valence-electron chi connectivity index (χ2n) is 5.40. The molecule has 0 aromatic heterocycles. The van der Waals surface area contributed by atoms with E-state index in [4.69, 9.17) is 5.21 Å². The van der Waals surface area contributed by atoms with Crippen LogP contribution in [0.1, 0.15) is 38.5 Å². The molecule has 20 heavy (non-hydrogen) atoms. The van der Waals surface area contributed by atoms with Gasteiger partial charge in [0.2, 0.25) is 0 Å². The van der Waals surface area contributed by atoms with Gasteiger partial charge in [-0.1, -0.05) is 42.0 Å². The summed E-state index contributed by atoms with van der Waals surface area (Å²) in [5.41, 5.74) is 7.14. The summed E-state index contributed by atoms with van der Waals surface area (Å²) in [6, 6.07) is 14.3. The van der Waals surface area contributed by atoms with Gasteiger partial charge >= 0.3 is 0 Å². The zero-order valence-corrected chi connectivity index (χ0v) is 11.4. The van der Waals surface area contributed by atoms with Crippen LogP contribution in [0.4, 0.5) is 0 Å². The second kappa shape index (κ2) is 5.10. The lowest BCUT2D eigenvalue weighted by Gasteiger charge is -2.10. The van der Waals surface area contributed by atoms with Gasteiger partial charge in [0.15, 0.2) is 0 Å². The lowest BCUT2D eigenvalue weighted by molar-refractivity contribution is 0.0705. The number of hydroxylamine groups is 1. The van der Waals surface area contributed by atoms with Gasteiger partial charge in [0, 0.05) is 5.56 Å². The number of rotatable bonds is 2. The SMILES string of the molecule is Cc1ccc(C2Cc3cccc(C(=O)NO)c3C2)cc1. The number of carbonyl (C=O) groups is 1. The van der Waals surface area contributed by atoms with Crippen LogP contribution >= 0.6 is 0 Å². The summed E-state index contributed by atoms with van der Waals surface area (Å²) in [5.74, 6) is -0.00958. The normalized spacial score (nSPS) is 16.8.